The molecular formula is C12H16O. The molecule has 2 rings (SSSR count). The molecule has 13 heavy (non-hydrogen) atoms. The summed E-state index contributed by atoms with van der Waals surface area (Å²) in [5.41, 5.74) is 2.77. The Kier molecular flexibility index (Phi) is 2.12. The molecule has 2 aliphatic rings. The summed E-state index contributed by atoms with van der Waals surface area (Å²) in [5, 5.41) is 0. The van der Waals surface area contributed by atoms with E-state index in [-0.39, 0.29) is 5.60 Å². The summed E-state index contributed by atoms with van der Waals surface area (Å²) in [6, 6.07) is 0. The van der Waals surface area contributed by atoms with Crippen molar-refractivity contribution in [2.75, 3.05) is 6.61 Å². The minimum Gasteiger partial charge on any atom is -0.367 e. The molecule has 0 saturated carbocycles. The summed E-state index contributed by atoms with van der Waals surface area (Å²) in [4.78, 5) is 0. The molecule has 0 atom stereocenters. The van der Waals surface area contributed by atoms with Crippen LogP contribution in [0.15, 0.2) is 35.5 Å². The van der Waals surface area contributed by atoms with Crippen molar-refractivity contribution in [2.24, 2.45) is 0 Å². The van der Waals surface area contributed by atoms with Gasteiger partial charge in [-0.2, -0.15) is 0 Å². The molecule has 0 spiro atoms. The molecule has 1 heterocycles. The Balaban J connectivity index is 2.36. The minimum atomic E-state index is -0.0542. The number of hydrogen-bond acceptors (Lipinski definition) is 1. The highest BCUT2D eigenvalue weighted by Crippen LogP contribution is 2.35. The fourth-order valence-electron chi connectivity index (χ4n) is 1.93. The van der Waals surface area contributed by atoms with Crippen molar-refractivity contribution < 1.29 is 4.74 Å². The fourth-order valence-corrected chi connectivity index (χ4v) is 1.93. The fraction of sp³-hybridized carbons (Fsp3) is 0.500. The molecule has 0 amide bonds. The lowest BCUT2D eigenvalue weighted by molar-refractivity contribution is 0.0478. The first-order chi connectivity index (χ1) is 6.20. The van der Waals surface area contributed by atoms with Gasteiger partial charge in [0.15, 0.2) is 0 Å². The van der Waals surface area contributed by atoms with Crippen LogP contribution in [-0.4, -0.2) is 12.2 Å². The summed E-state index contributed by atoms with van der Waals surface area (Å²) in [7, 11) is 0. The zero-order valence-electron chi connectivity index (χ0n) is 8.34. The van der Waals surface area contributed by atoms with Crippen molar-refractivity contribution in [1.29, 1.82) is 0 Å². The standard InChI is InChI=1S/C12H16O/c1-12(2)11-8-6-4-3-5-7-10(11)9-13-12/h4-7H,3,8-9H2,1-2H3/b6-4?,7-5-. The predicted octanol–water partition coefficient (Wildman–Crippen LogP) is 3.00. The Bertz CT molecular complexity index is 292. The Labute approximate surface area is 79.8 Å². The van der Waals surface area contributed by atoms with Gasteiger partial charge < -0.3 is 4.74 Å². The van der Waals surface area contributed by atoms with Gasteiger partial charge in [0.1, 0.15) is 0 Å². The first kappa shape index (κ1) is 8.76. The predicted molar refractivity (Wildman–Crippen MR) is 54.6 cm³/mol. The number of allylic oxidation sites excluding steroid dienone is 3. The highest BCUT2D eigenvalue weighted by atomic mass is 16.5. The molecular weight excluding hydrogens is 160 g/mol. The maximum atomic E-state index is 5.74. The van der Waals surface area contributed by atoms with Crippen molar-refractivity contribution >= 4 is 0 Å². The van der Waals surface area contributed by atoms with Crippen molar-refractivity contribution in [2.45, 2.75) is 32.3 Å². The van der Waals surface area contributed by atoms with Crippen LogP contribution in [0.3, 0.4) is 0 Å². The quantitative estimate of drug-likeness (QED) is 0.515. The first-order valence-corrected chi connectivity index (χ1v) is 4.88. The lowest BCUT2D eigenvalue weighted by Crippen LogP contribution is -2.21. The topological polar surface area (TPSA) is 9.23 Å². The van der Waals surface area contributed by atoms with Crippen LogP contribution in [0.25, 0.3) is 0 Å². The summed E-state index contributed by atoms with van der Waals surface area (Å²) in [6.45, 7) is 5.09. The largest absolute Gasteiger partial charge is 0.367 e. The lowest BCUT2D eigenvalue weighted by atomic mass is 9.91. The maximum Gasteiger partial charge on any atom is 0.0849 e. The van der Waals surface area contributed by atoms with E-state index in [0.29, 0.717) is 0 Å². The van der Waals surface area contributed by atoms with Crippen molar-refractivity contribution in [3.05, 3.63) is 35.5 Å². The second kappa shape index (κ2) is 3.15. The minimum absolute atomic E-state index is 0.0542. The normalized spacial score (nSPS) is 28.2. The van der Waals surface area contributed by atoms with Gasteiger partial charge in [-0.3, -0.25) is 0 Å². The molecule has 0 unspecified atom stereocenters. The second-order valence-electron chi connectivity index (χ2n) is 4.12. The molecule has 1 heteroatoms. The molecule has 1 nitrogen and oxygen atoms in total. The van der Waals surface area contributed by atoms with E-state index >= 15 is 0 Å². The molecule has 0 aromatic carbocycles. The van der Waals surface area contributed by atoms with E-state index in [0.717, 1.165) is 19.4 Å². The zero-order chi connectivity index (χ0) is 9.31. The van der Waals surface area contributed by atoms with Gasteiger partial charge in [-0.15, -0.1) is 0 Å². The molecule has 0 fully saturated rings. The van der Waals surface area contributed by atoms with E-state index in [1.165, 1.54) is 11.1 Å². The summed E-state index contributed by atoms with van der Waals surface area (Å²) in [6.07, 6.45) is 11.0. The van der Waals surface area contributed by atoms with E-state index in [1.54, 1.807) is 0 Å². The molecule has 0 saturated heterocycles. The lowest BCUT2D eigenvalue weighted by Gasteiger charge is -2.21. The van der Waals surface area contributed by atoms with E-state index in [2.05, 4.69) is 38.2 Å². The third-order valence-electron chi connectivity index (χ3n) is 2.78. The summed E-state index contributed by atoms with van der Waals surface area (Å²) < 4.78 is 5.74. The molecule has 0 bridgehead atoms. The number of hydrogen-bond donors (Lipinski definition) is 0. The molecule has 1 aliphatic carbocycles. The average Bonchev–Trinajstić information content (AvgIpc) is 2.25. The molecule has 0 aromatic heterocycles. The summed E-state index contributed by atoms with van der Waals surface area (Å²) >= 11 is 0. The third kappa shape index (κ3) is 1.61. The third-order valence-corrected chi connectivity index (χ3v) is 2.78. The monoisotopic (exact) mass is 176 g/mol. The van der Waals surface area contributed by atoms with Crippen LogP contribution in [0.5, 0.6) is 0 Å². The van der Waals surface area contributed by atoms with Crippen LogP contribution in [0, 0.1) is 0 Å². The van der Waals surface area contributed by atoms with Crippen LogP contribution in [0.4, 0.5) is 0 Å². The Morgan fingerprint density at radius 1 is 1.23 bits per heavy atom. The number of ether oxygens (including phenoxy) is 1. The SMILES string of the molecule is CC1(C)OCC2=C1CC=CC/C=C\2. The first-order valence-electron chi connectivity index (χ1n) is 4.88. The van der Waals surface area contributed by atoms with Crippen LogP contribution in [0.2, 0.25) is 0 Å². The van der Waals surface area contributed by atoms with Gasteiger partial charge in [0, 0.05) is 0 Å². The molecule has 0 N–H and O–H groups in total. The van der Waals surface area contributed by atoms with Crippen LogP contribution in [-0.2, 0) is 4.74 Å². The maximum absolute atomic E-state index is 5.74. The van der Waals surface area contributed by atoms with E-state index in [4.69, 9.17) is 4.74 Å². The van der Waals surface area contributed by atoms with Gasteiger partial charge in [-0.25, -0.2) is 0 Å². The highest BCUT2D eigenvalue weighted by Gasteiger charge is 2.31. The van der Waals surface area contributed by atoms with Crippen molar-refractivity contribution in [3.63, 3.8) is 0 Å². The Morgan fingerprint density at radius 2 is 2.08 bits per heavy atom. The van der Waals surface area contributed by atoms with E-state index < -0.39 is 0 Å². The van der Waals surface area contributed by atoms with Gasteiger partial charge in [-0.1, -0.05) is 24.3 Å². The van der Waals surface area contributed by atoms with E-state index in [1.807, 2.05) is 0 Å². The molecule has 1 aliphatic heterocycles. The Hall–Kier alpha value is -0.820. The van der Waals surface area contributed by atoms with Gasteiger partial charge >= 0.3 is 0 Å². The summed E-state index contributed by atoms with van der Waals surface area (Å²) in [5.74, 6) is 0. The van der Waals surface area contributed by atoms with Crippen molar-refractivity contribution in [1.82, 2.24) is 0 Å². The zero-order valence-corrected chi connectivity index (χ0v) is 8.34. The van der Waals surface area contributed by atoms with Gasteiger partial charge in [-0.05, 0) is 37.8 Å². The smallest absolute Gasteiger partial charge is 0.0849 e. The second-order valence-corrected chi connectivity index (χ2v) is 4.12. The van der Waals surface area contributed by atoms with E-state index in [9.17, 15) is 0 Å². The van der Waals surface area contributed by atoms with Gasteiger partial charge in [0.05, 0.1) is 12.2 Å². The molecule has 70 valence electrons. The van der Waals surface area contributed by atoms with Crippen LogP contribution in [0.1, 0.15) is 26.7 Å². The van der Waals surface area contributed by atoms with Gasteiger partial charge in [0.2, 0.25) is 0 Å². The molecule has 0 aromatic rings. The van der Waals surface area contributed by atoms with Gasteiger partial charge in [0.25, 0.3) is 0 Å². The highest BCUT2D eigenvalue weighted by molar-refractivity contribution is 5.37. The van der Waals surface area contributed by atoms with Crippen LogP contribution < -0.4 is 0 Å². The number of rotatable bonds is 0. The van der Waals surface area contributed by atoms with Crippen LogP contribution >= 0.6 is 0 Å². The average molecular weight is 176 g/mol. The van der Waals surface area contributed by atoms with Crippen molar-refractivity contribution in [3.8, 4) is 0 Å². The molecule has 0 radical (unpaired) electrons. The Morgan fingerprint density at radius 3 is 2.92 bits per heavy atom.